The second kappa shape index (κ2) is 6.17. The first-order valence-electron chi connectivity index (χ1n) is 6.71. The number of nitrogens with two attached hydrogens (primary N) is 1. The highest BCUT2D eigenvalue weighted by atomic mass is 16.2. The van der Waals surface area contributed by atoms with E-state index in [4.69, 9.17) is 5.73 Å². The van der Waals surface area contributed by atoms with Gasteiger partial charge >= 0.3 is 6.03 Å². The third-order valence-electron chi connectivity index (χ3n) is 3.18. The lowest BCUT2D eigenvalue weighted by Gasteiger charge is -2.16. The van der Waals surface area contributed by atoms with Gasteiger partial charge in [-0.15, -0.1) is 0 Å². The highest BCUT2D eigenvalue weighted by Crippen LogP contribution is 2.28. The number of urea groups is 1. The Morgan fingerprint density at radius 1 is 1.38 bits per heavy atom. The fourth-order valence-electron chi connectivity index (χ4n) is 2.32. The zero-order valence-electron chi connectivity index (χ0n) is 11.9. The van der Waals surface area contributed by atoms with Crippen LogP contribution in [0.25, 0.3) is 11.3 Å². The molecule has 0 bridgehead atoms. The van der Waals surface area contributed by atoms with Crippen LogP contribution in [-0.2, 0) is 12.8 Å². The van der Waals surface area contributed by atoms with Crippen molar-refractivity contribution in [1.29, 1.82) is 0 Å². The number of rotatable bonds is 4. The number of hydrogen-bond donors (Lipinski definition) is 3. The molecule has 0 fully saturated rings. The first kappa shape index (κ1) is 14.7. The molecular weight excluding hydrogens is 270 g/mol. The first-order valence-corrected chi connectivity index (χ1v) is 6.71. The lowest BCUT2D eigenvalue weighted by Crippen LogP contribution is -2.27. The molecule has 7 nitrogen and oxygen atoms in total. The number of pyridine rings is 1. The topological polar surface area (TPSA) is 114 Å². The summed E-state index contributed by atoms with van der Waals surface area (Å²) in [6.07, 6.45) is 2.76. The molecule has 2 aromatic rings. The van der Waals surface area contributed by atoms with Gasteiger partial charge in [0.1, 0.15) is 5.69 Å². The van der Waals surface area contributed by atoms with Crippen molar-refractivity contribution < 1.29 is 4.79 Å². The molecule has 0 atom stereocenters. The van der Waals surface area contributed by atoms with E-state index in [2.05, 4.69) is 20.5 Å². The van der Waals surface area contributed by atoms with Gasteiger partial charge in [-0.25, -0.2) is 4.79 Å². The SMILES string of the molecule is CCc1[nH]c(=O)c(NC(N)=O)c(CC)c1-c1cccnn1. The number of amides is 2. The van der Waals surface area contributed by atoms with Crippen molar-refractivity contribution in [2.75, 3.05) is 5.32 Å². The van der Waals surface area contributed by atoms with Crippen LogP contribution < -0.4 is 16.6 Å². The smallest absolute Gasteiger partial charge is 0.316 e. The molecule has 0 aromatic carbocycles. The number of carbonyl (C=O) groups is 1. The molecule has 4 N–H and O–H groups in total. The highest BCUT2D eigenvalue weighted by Gasteiger charge is 2.18. The summed E-state index contributed by atoms with van der Waals surface area (Å²) in [5.41, 5.74) is 7.85. The Labute approximate surface area is 121 Å². The molecule has 0 unspecified atom stereocenters. The van der Waals surface area contributed by atoms with Crippen molar-refractivity contribution in [2.24, 2.45) is 5.73 Å². The van der Waals surface area contributed by atoms with Crippen LogP contribution in [0.5, 0.6) is 0 Å². The van der Waals surface area contributed by atoms with E-state index in [0.717, 1.165) is 11.3 Å². The summed E-state index contributed by atoms with van der Waals surface area (Å²) in [6.45, 7) is 3.84. The van der Waals surface area contributed by atoms with Gasteiger partial charge in [-0.1, -0.05) is 13.8 Å². The van der Waals surface area contributed by atoms with Crippen LogP contribution in [-0.4, -0.2) is 21.2 Å². The van der Waals surface area contributed by atoms with Gasteiger partial charge in [-0.2, -0.15) is 10.2 Å². The average molecular weight is 287 g/mol. The normalized spacial score (nSPS) is 10.4. The number of aromatic nitrogens is 3. The Morgan fingerprint density at radius 2 is 2.14 bits per heavy atom. The van der Waals surface area contributed by atoms with Gasteiger partial charge in [0, 0.05) is 17.5 Å². The van der Waals surface area contributed by atoms with Gasteiger partial charge in [0.05, 0.1) is 5.69 Å². The van der Waals surface area contributed by atoms with E-state index in [1.807, 2.05) is 19.9 Å². The van der Waals surface area contributed by atoms with Gasteiger partial charge in [0.2, 0.25) is 0 Å². The van der Waals surface area contributed by atoms with Crippen molar-refractivity contribution in [1.82, 2.24) is 15.2 Å². The Bertz CT molecular complexity index is 709. The maximum atomic E-state index is 12.1. The predicted octanol–water partition coefficient (Wildman–Crippen LogP) is 1.45. The van der Waals surface area contributed by atoms with E-state index >= 15 is 0 Å². The standard InChI is InChI=1S/C14H17N5O2/c1-3-8-11(10-6-5-7-16-19-10)9(4-2)17-13(20)12(8)18-14(15)21/h5-7H,3-4H2,1-2H3,(H,17,20)(H3,15,18,21). The van der Waals surface area contributed by atoms with Gasteiger partial charge in [-0.05, 0) is 30.5 Å². The van der Waals surface area contributed by atoms with Crippen molar-refractivity contribution in [3.05, 3.63) is 39.9 Å². The number of nitrogens with one attached hydrogen (secondary N) is 2. The summed E-state index contributed by atoms with van der Waals surface area (Å²) >= 11 is 0. The highest BCUT2D eigenvalue weighted by molar-refractivity contribution is 5.90. The fraction of sp³-hybridized carbons (Fsp3) is 0.286. The minimum Gasteiger partial charge on any atom is -0.351 e. The van der Waals surface area contributed by atoms with Crippen molar-refractivity contribution in [3.8, 4) is 11.3 Å². The summed E-state index contributed by atoms with van der Waals surface area (Å²) in [6, 6.07) is 2.81. The first-order chi connectivity index (χ1) is 10.1. The Morgan fingerprint density at radius 3 is 2.67 bits per heavy atom. The molecule has 110 valence electrons. The average Bonchev–Trinajstić information content (AvgIpc) is 2.49. The lowest BCUT2D eigenvalue weighted by atomic mass is 9.98. The van der Waals surface area contributed by atoms with Crippen LogP contribution >= 0.6 is 0 Å². The van der Waals surface area contributed by atoms with Gasteiger partial charge in [0.25, 0.3) is 5.56 Å². The van der Waals surface area contributed by atoms with Crippen LogP contribution in [0.15, 0.2) is 23.1 Å². The van der Waals surface area contributed by atoms with Crippen LogP contribution in [0.1, 0.15) is 25.1 Å². The number of aromatic amines is 1. The van der Waals surface area contributed by atoms with Gasteiger partial charge in [-0.3, -0.25) is 4.79 Å². The maximum absolute atomic E-state index is 12.1. The van der Waals surface area contributed by atoms with Gasteiger partial charge in [0.15, 0.2) is 0 Å². The zero-order valence-corrected chi connectivity index (χ0v) is 11.9. The van der Waals surface area contributed by atoms with Crippen LogP contribution in [0.3, 0.4) is 0 Å². The second-order valence-corrected chi connectivity index (χ2v) is 4.47. The number of primary amides is 1. The summed E-state index contributed by atoms with van der Waals surface area (Å²) < 4.78 is 0. The summed E-state index contributed by atoms with van der Waals surface area (Å²) in [4.78, 5) is 26.0. The number of aryl methyl sites for hydroxylation is 1. The summed E-state index contributed by atoms with van der Waals surface area (Å²) in [7, 11) is 0. The Hall–Kier alpha value is -2.70. The molecule has 0 aliphatic rings. The summed E-state index contributed by atoms with van der Waals surface area (Å²) in [5.74, 6) is 0. The van der Waals surface area contributed by atoms with E-state index < -0.39 is 6.03 Å². The minimum absolute atomic E-state index is 0.169. The quantitative estimate of drug-likeness (QED) is 0.789. The third-order valence-corrected chi connectivity index (χ3v) is 3.18. The molecule has 21 heavy (non-hydrogen) atoms. The molecule has 0 saturated heterocycles. The molecule has 0 saturated carbocycles. The molecule has 2 rings (SSSR count). The monoisotopic (exact) mass is 287 g/mol. The lowest BCUT2D eigenvalue weighted by molar-refractivity contribution is 0.259. The van der Waals surface area contributed by atoms with Gasteiger partial charge < -0.3 is 16.0 Å². The fourth-order valence-corrected chi connectivity index (χ4v) is 2.32. The number of hydrogen-bond acceptors (Lipinski definition) is 4. The van der Waals surface area contributed by atoms with Crippen LogP contribution in [0.4, 0.5) is 10.5 Å². The molecule has 2 heterocycles. The summed E-state index contributed by atoms with van der Waals surface area (Å²) in [5, 5.41) is 10.4. The Kier molecular flexibility index (Phi) is 4.32. The molecule has 0 aliphatic carbocycles. The predicted molar refractivity (Wildman–Crippen MR) is 80.1 cm³/mol. The van der Waals surface area contributed by atoms with E-state index in [1.165, 1.54) is 0 Å². The maximum Gasteiger partial charge on any atom is 0.316 e. The number of anilines is 1. The second-order valence-electron chi connectivity index (χ2n) is 4.47. The number of H-pyrrole nitrogens is 1. The van der Waals surface area contributed by atoms with E-state index in [-0.39, 0.29) is 11.2 Å². The van der Waals surface area contributed by atoms with Crippen molar-refractivity contribution in [2.45, 2.75) is 26.7 Å². The van der Waals surface area contributed by atoms with Crippen LogP contribution in [0, 0.1) is 0 Å². The van der Waals surface area contributed by atoms with Crippen LogP contribution in [0.2, 0.25) is 0 Å². The molecule has 0 radical (unpaired) electrons. The third kappa shape index (κ3) is 2.91. The molecule has 2 aromatic heterocycles. The minimum atomic E-state index is -0.774. The van der Waals surface area contributed by atoms with Crippen molar-refractivity contribution >= 4 is 11.7 Å². The molecular formula is C14H17N5O2. The van der Waals surface area contributed by atoms with E-state index in [9.17, 15) is 9.59 Å². The molecule has 7 heteroatoms. The molecule has 2 amide bonds. The molecule has 0 aliphatic heterocycles. The number of carbonyl (C=O) groups excluding carboxylic acids is 1. The van der Waals surface area contributed by atoms with E-state index in [0.29, 0.717) is 24.1 Å². The largest absolute Gasteiger partial charge is 0.351 e. The Balaban J connectivity index is 2.77. The van der Waals surface area contributed by atoms with Crippen molar-refractivity contribution in [3.63, 3.8) is 0 Å². The molecule has 0 spiro atoms. The zero-order chi connectivity index (χ0) is 15.4. The number of nitrogens with zero attached hydrogens (tertiary/aromatic N) is 2. The van der Waals surface area contributed by atoms with E-state index in [1.54, 1.807) is 12.3 Å².